The first kappa shape index (κ1) is 16.8. The van der Waals surface area contributed by atoms with Crippen molar-refractivity contribution < 1.29 is 4.79 Å². The van der Waals surface area contributed by atoms with E-state index in [-0.39, 0.29) is 0 Å². The summed E-state index contributed by atoms with van der Waals surface area (Å²) < 4.78 is 2.14. The average Bonchev–Trinajstić information content (AvgIpc) is 3.19. The van der Waals surface area contributed by atoms with E-state index >= 15 is 0 Å². The topological polar surface area (TPSA) is 60.9 Å². The highest BCUT2D eigenvalue weighted by molar-refractivity contribution is 7.98. The second-order valence-electron chi connectivity index (χ2n) is 5.44. The van der Waals surface area contributed by atoms with E-state index in [0.717, 1.165) is 40.0 Å². The number of carbonyl (C=O) groups is 1. The number of thioether (sulfide) groups is 1. The number of nitrogens with zero attached hydrogens (tertiary/aromatic N) is 2. The number of benzene rings is 1. The van der Waals surface area contributed by atoms with Crippen molar-refractivity contribution in [2.75, 3.05) is 12.0 Å². The lowest BCUT2D eigenvalue weighted by atomic mass is 10.2. The van der Waals surface area contributed by atoms with Gasteiger partial charge in [0.15, 0.2) is 0 Å². The molecule has 1 aromatic carbocycles. The Morgan fingerprint density at radius 3 is 2.75 bits per heavy atom. The first-order chi connectivity index (χ1) is 11.6. The van der Waals surface area contributed by atoms with Crippen LogP contribution in [0.5, 0.6) is 0 Å². The molecule has 0 aliphatic carbocycles. The molecule has 0 bridgehead atoms. The molecule has 24 heavy (non-hydrogen) atoms. The molecule has 0 saturated heterocycles. The van der Waals surface area contributed by atoms with Crippen molar-refractivity contribution in [3.8, 4) is 22.0 Å². The number of hydrogen-bond donors (Lipinski definition) is 1. The highest BCUT2D eigenvalue weighted by atomic mass is 32.2. The highest BCUT2D eigenvalue weighted by Crippen LogP contribution is 2.31. The highest BCUT2D eigenvalue weighted by Gasteiger charge is 2.18. The van der Waals surface area contributed by atoms with Crippen LogP contribution in [0.3, 0.4) is 0 Å². The molecular weight excluding hydrogens is 338 g/mol. The maximum atomic E-state index is 11.7. The minimum atomic E-state index is -0.393. The lowest BCUT2D eigenvalue weighted by Gasteiger charge is -2.09. The molecule has 1 amide bonds. The SMILES string of the molecule is CSCCn1c(-c2csc(-c3ccccc3)n2)cc(C(N)=O)c1C. The standard InChI is InChI=1S/C18H19N3OS2/c1-12-14(17(19)22)10-16(21(12)8-9-23-2)15-11-24-18(20-15)13-6-4-3-5-7-13/h3-7,10-11H,8-9H2,1-2H3,(H2,19,22). The van der Waals surface area contributed by atoms with Crippen molar-refractivity contribution in [2.45, 2.75) is 13.5 Å². The molecule has 124 valence electrons. The summed E-state index contributed by atoms with van der Waals surface area (Å²) in [5.41, 5.74) is 9.94. The van der Waals surface area contributed by atoms with Crippen LogP contribution in [-0.4, -0.2) is 27.5 Å². The fraction of sp³-hybridized carbons (Fsp3) is 0.222. The molecule has 2 aromatic heterocycles. The van der Waals surface area contributed by atoms with Crippen molar-refractivity contribution in [3.63, 3.8) is 0 Å². The van der Waals surface area contributed by atoms with Crippen molar-refractivity contribution in [1.82, 2.24) is 9.55 Å². The van der Waals surface area contributed by atoms with Crippen LogP contribution in [0, 0.1) is 6.92 Å². The third-order valence-electron chi connectivity index (χ3n) is 3.94. The second-order valence-corrected chi connectivity index (χ2v) is 7.28. The molecule has 0 saturated carbocycles. The largest absolute Gasteiger partial charge is 0.366 e. The zero-order valence-electron chi connectivity index (χ0n) is 13.7. The Hall–Kier alpha value is -2.05. The third kappa shape index (κ3) is 3.25. The molecule has 2 heterocycles. The molecule has 6 heteroatoms. The summed E-state index contributed by atoms with van der Waals surface area (Å²) in [4.78, 5) is 16.5. The van der Waals surface area contributed by atoms with E-state index in [9.17, 15) is 4.79 Å². The Kier molecular flexibility index (Phi) is 5.06. The number of aromatic nitrogens is 2. The van der Waals surface area contributed by atoms with Gasteiger partial charge in [-0.2, -0.15) is 11.8 Å². The Morgan fingerprint density at radius 2 is 2.08 bits per heavy atom. The number of hydrogen-bond acceptors (Lipinski definition) is 4. The van der Waals surface area contributed by atoms with Crippen LogP contribution in [0.2, 0.25) is 0 Å². The zero-order chi connectivity index (χ0) is 17.1. The summed E-state index contributed by atoms with van der Waals surface area (Å²) in [6, 6.07) is 12.0. The molecule has 4 nitrogen and oxygen atoms in total. The first-order valence-corrected chi connectivity index (χ1v) is 9.89. The lowest BCUT2D eigenvalue weighted by Crippen LogP contribution is -2.13. The summed E-state index contributed by atoms with van der Waals surface area (Å²) in [6.07, 6.45) is 2.07. The van der Waals surface area contributed by atoms with Crippen molar-refractivity contribution in [3.05, 3.63) is 53.0 Å². The maximum absolute atomic E-state index is 11.7. The van der Waals surface area contributed by atoms with Crippen molar-refractivity contribution >= 4 is 29.0 Å². The molecule has 3 rings (SSSR count). The van der Waals surface area contributed by atoms with Gasteiger partial charge in [0.05, 0.1) is 17.0 Å². The van der Waals surface area contributed by atoms with Gasteiger partial charge in [0.2, 0.25) is 0 Å². The zero-order valence-corrected chi connectivity index (χ0v) is 15.3. The second kappa shape index (κ2) is 7.23. The number of amides is 1. The van der Waals surface area contributed by atoms with Gasteiger partial charge < -0.3 is 10.3 Å². The van der Waals surface area contributed by atoms with E-state index in [1.165, 1.54) is 0 Å². The number of thiazole rings is 1. The van der Waals surface area contributed by atoms with Gasteiger partial charge in [0.25, 0.3) is 5.91 Å². The first-order valence-electron chi connectivity index (χ1n) is 7.62. The van der Waals surface area contributed by atoms with Gasteiger partial charge >= 0.3 is 0 Å². The molecule has 0 spiro atoms. The van der Waals surface area contributed by atoms with E-state index in [4.69, 9.17) is 10.7 Å². The fourth-order valence-electron chi connectivity index (χ4n) is 2.68. The number of nitrogens with two attached hydrogens (primary N) is 1. The Labute approximate surface area is 149 Å². The summed E-state index contributed by atoms with van der Waals surface area (Å²) in [6.45, 7) is 2.77. The minimum Gasteiger partial charge on any atom is -0.366 e. The molecular formula is C18H19N3OS2. The third-order valence-corrected chi connectivity index (χ3v) is 5.42. The Balaban J connectivity index is 2.04. The molecule has 0 unspecified atom stereocenters. The summed E-state index contributed by atoms with van der Waals surface area (Å²) >= 11 is 3.38. The quantitative estimate of drug-likeness (QED) is 0.724. The summed E-state index contributed by atoms with van der Waals surface area (Å²) in [5.74, 6) is 0.575. The van der Waals surface area contributed by atoms with Gasteiger partial charge in [-0.25, -0.2) is 4.98 Å². The number of rotatable bonds is 6. The number of carbonyl (C=O) groups excluding carboxylic acids is 1. The van der Waals surface area contributed by atoms with Crippen LogP contribution in [0.4, 0.5) is 0 Å². The van der Waals surface area contributed by atoms with E-state index in [1.54, 1.807) is 23.1 Å². The maximum Gasteiger partial charge on any atom is 0.250 e. The summed E-state index contributed by atoms with van der Waals surface area (Å²) in [5, 5.41) is 3.01. The van der Waals surface area contributed by atoms with Gasteiger partial charge in [-0.15, -0.1) is 11.3 Å². The average molecular weight is 358 g/mol. The fourth-order valence-corrected chi connectivity index (χ4v) is 3.87. The molecule has 0 aliphatic rings. The van der Waals surface area contributed by atoms with E-state index in [0.29, 0.717) is 5.56 Å². The molecule has 0 radical (unpaired) electrons. The van der Waals surface area contributed by atoms with Gasteiger partial charge in [-0.1, -0.05) is 30.3 Å². The Bertz CT molecular complexity index is 853. The monoisotopic (exact) mass is 357 g/mol. The van der Waals surface area contributed by atoms with Gasteiger partial charge in [-0.3, -0.25) is 4.79 Å². The smallest absolute Gasteiger partial charge is 0.250 e. The number of primary amides is 1. The molecule has 0 fully saturated rings. The Morgan fingerprint density at radius 1 is 1.33 bits per heavy atom. The van der Waals surface area contributed by atoms with Crippen molar-refractivity contribution in [2.24, 2.45) is 5.73 Å². The van der Waals surface area contributed by atoms with E-state index in [1.807, 2.05) is 36.6 Å². The van der Waals surface area contributed by atoms with Crippen LogP contribution in [-0.2, 0) is 6.54 Å². The predicted octanol–water partition coefficient (Wildman–Crippen LogP) is 4.05. The van der Waals surface area contributed by atoms with E-state index < -0.39 is 5.91 Å². The minimum absolute atomic E-state index is 0.393. The van der Waals surface area contributed by atoms with Crippen LogP contribution in [0.25, 0.3) is 22.0 Å². The van der Waals surface area contributed by atoms with Crippen molar-refractivity contribution in [1.29, 1.82) is 0 Å². The van der Waals surface area contributed by atoms with Gasteiger partial charge in [0, 0.05) is 28.9 Å². The van der Waals surface area contributed by atoms with Crippen LogP contribution in [0.15, 0.2) is 41.8 Å². The summed E-state index contributed by atoms with van der Waals surface area (Å²) in [7, 11) is 0. The van der Waals surface area contributed by atoms with Crippen LogP contribution in [0.1, 0.15) is 16.1 Å². The predicted molar refractivity (Wildman–Crippen MR) is 103 cm³/mol. The lowest BCUT2D eigenvalue weighted by molar-refractivity contribution is 0.0999. The van der Waals surface area contributed by atoms with Crippen LogP contribution < -0.4 is 5.73 Å². The van der Waals surface area contributed by atoms with Gasteiger partial charge in [-0.05, 0) is 19.2 Å². The molecule has 2 N–H and O–H groups in total. The molecule has 0 aliphatic heterocycles. The van der Waals surface area contributed by atoms with Gasteiger partial charge in [0.1, 0.15) is 5.01 Å². The molecule has 3 aromatic rings. The normalized spacial score (nSPS) is 10.9. The van der Waals surface area contributed by atoms with E-state index in [2.05, 4.69) is 23.0 Å². The van der Waals surface area contributed by atoms with Crippen LogP contribution >= 0.6 is 23.1 Å². The molecule has 0 atom stereocenters.